The summed E-state index contributed by atoms with van der Waals surface area (Å²) < 4.78 is 0. The summed E-state index contributed by atoms with van der Waals surface area (Å²) in [6.45, 7) is 9.12. The van der Waals surface area contributed by atoms with E-state index in [0.717, 1.165) is 32.5 Å². The number of piperidine rings is 1. The molecule has 0 saturated carbocycles. The van der Waals surface area contributed by atoms with Crippen molar-refractivity contribution in [2.75, 3.05) is 26.7 Å². The van der Waals surface area contributed by atoms with E-state index in [-0.39, 0.29) is 0 Å². The molecular formula is C16H29N3O. The molecule has 0 radical (unpaired) electrons. The highest BCUT2D eigenvalue weighted by molar-refractivity contribution is 5.76. The van der Waals surface area contributed by atoms with E-state index in [1.165, 1.54) is 0 Å². The second-order valence-electron chi connectivity index (χ2n) is 6.57. The van der Waals surface area contributed by atoms with Crippen LogP contribution in [0.1, 0.15) is 46.5 Å². The summed E-state index contributed by atoms with van der Waals surface area (Å²) in [5, 5.41) is 8.74. The molecule has 1 heterocycles. The van der Waals surface area contributed by atoms with E-state index < -0.39 is 0 Å². The first-order chi connectivity index (χ1) is 9.43. The minimum atomic E-state index is 0.310. The fourth-order valence-electron chi connectivity index (χ4n) is 2.72. The van der Waals surface area contributed by atoms with Crippen LogP contribution in [-0.4, -0.2) is 48.4 Å². The second-order valence-corrected chi connectivity index (χ2v) is 6.57. The van der Waals surface area contributed by atoms with Crippen molar-refractivity contribution >= 4 is 5.91 Å². The van der Waals surface area contributed by atoms with Gasteiger partial charge in [0, 0.05) is 32.1 Å². The lowest BCUT2D eigenvalue weighted by molar-refractivity contribution is -0.133. The van der Waals surface area contributed by atoms with Crippen LogP contribution < -0.4 is 0 Å². The summed E-state index contributed by atoms with van der Waals surface area (Å²) in [6.07, 6.45) is 3.44. The number of nitrogens with zero attached hydrogens (tertiary/aromatic N) is 3. The number of rotatable bonds is 6. The first-order valence-electron chi connectivity index (χ1n) is 7.79. The zero-order chi connectivity index (χ0) is 15.1. The molecule has 0 N–H and O–H groups in total. The maximum Gasteiger partial charge on any atom is 0.222 e. The topological polar surface area (TPSA) is 47.3 Å². The Morgan fingerprint density at radius 2 is 1.95 bits per heavy atom. The molecule has 0 unspecified atom stereocenters. The van der Waals surface area contributed by atoms with Gasteiger partial charge in [0.1, 0.15) is 0 Å². The van der Waals surface area contributed by atoms with Gasteiger partial charge in [-0.15, -0.1) is 0 Å². The third kappa shape index (κ3) is 5.50. The molecule has 0 aromatic rings. The van der Waals surface area contributed by atoms with Crippen molar-refractivity contribution in [2.24, 2.45) is 11.8 Å². The highest BCUT2D eigenvalue weighted by Crippen LogP contribution is 2.20. The standard InChI is InChI=1S/C16H29N3O/c1-13(2)11-16(20)19-9-6-15(7-10-19)12-18(4)14(3)5-8-17/h13-15H,5-7,9-12H2,1-4H3/t14-/m1/s1. The van der Waals surface area contributed by atoms with Gasteiger partial charge in [0.25, 0.3) is 0 Å². The fraction of sp³-hybridized carbons (Fsp3) is 0.875. The fourth-order valence-corrected chi connectivity index (χ4v) is 2.72. The maximum atomic E-state index is 12.0. The number of carbonyl (C=O) groups excluding carboxylic acids is 1. The lowest BCUT2D eigenvalue weighted by Crippen LogP contribution is -2.42. The van der Waals surface area contributed by atoms with Gasteiger partial charge in [0.15, 0.2) is 0 Å². The quantitative estimate of drug-likeness (QED) is 0.750. The second kappa shape index (κ2) is 8.26. The van der Waals surface area contributed by atoms with Gasteiger partial charge in [-0.2, -0.15) is 5.26 Å². The number of likely N-dealkylation sites (tertiary alicyclic amines) is 1. The average molecular weight is 279 g/mol. The summed E-state index contributed by atoms with van der Waals surface area (Å²) >= 11 is 0. The summed E-state index contributed by atoms with van der Waals surface area (Å²) in [6, 6.07) is 2.55. The lowest BCUT2D eigenvalue weighted by atomic mass is 9.95. The van der Waals surface area contributed by atoms with Gasteiger partial charge in [0.05, 0.1) is 12.5 Å². The van der Waals surface area contributed by atoms with E-state index >= 15 is 0 Å². The van der Waals surface area contributed by atoms with Crippen molar-refractivity contribution in [1.82, 2.24) is 9.80 Å². The minimum Gasteiger partial charge on any atom is -0.343 e. The van der Waals surface area contributed by atoms with Crippen molar-refractivity contribution in [3.63, 3.8) is 0 Å². The number of nitriles is 1. The van der Waals surface area contributed by atoms with Crippen LogP contribution in [0.25, 0.3) is 0 Å². The van der Waals surface area contributed by atoms with E-state index in [1.54, 1.807) is 0 Å². The number of hydrogen-bond acceptors (Lipinski definition) is 3. The molecule has 114 valence electrons. The smallest absolute Gasteiger partial charge is 0.222 e. The van der Waals surface area contributed by atoms with Crippen molar-refractivity contribution in [3.8, 4) is 6.07 Å². The molecule has 0 aliphatic carbocycles. The van der Waals surface area contributed by atoms with Gasteiger partial charge in [-0.05, 0) is 38.6 Å². The van der Waals surface area contributed by atoms with Gasteiger partial charge in [-0.3, -0.25) is 4.79 Å². The molecule has 1 atom stereocenters. The van der Waals surface area contributed by atoms with Gasteiger partial charge in [0.2, 0.25) is 5.91 Å². The van der Waals surface area contributed by atoms with Crippen LogP contribution in [0.3, 0.4) is 0 Å². The molecular weight excluding hydrogens is 250 g/mol. The highest BCUT2D eigenvalue weighted by Gasteiger charge is 2.24. The van der Waals surface area contributed by atoms with Gasteiger partial charge in [-0.25, -0.2) is 0 Å². The number of hydrogen-bond donors (Lipinski definition) is 0. The number of amides is 1. The predicted octanol–water partition coefficient (Wildman–Crippen LogP) is 2.51. The first kappa shape index (κ1) is 17.0. The van der Waals surface area contributed by atoms with Crippen LogP contribution in [0.5, 0.6) is 0 Å². The molecule has 1 aliphatic heterocycles. The van der Waals surface area contributed by atoms with E-state index in [4.69, 9.17) is 5.26 Å². The zero-order valence-corrected chi connectivity index (χ0v) is 13.4. The molecule has 1 aliphatic rings. The SMILES string of the molecule is CC(C)CC(=O)N1CCC(CN(C)[C@H](C)CC#N)CC1. The summed E-state index contributed by atoms with van der Waals surface area (Å²) in [7, 11) is 2.10. The van der Waals surface area contributed by atoms with Crippen molar-refractivity contribution in [1.29, 1.82) is 5.26 Å². The van der Waals surface area contributed by atoms with Crippen LogP contribution >= 0.6 is 0 Å². The molecule has 1 amide bonds. The Morgan fingerprint density at radius 3 is 2.45 bits per heavy atom. The molecule has 0 spiro atoms. The highest BCUT2D eigenvalue weighted by atomic mass is 16.2. The maximum absolute atomic E-state index is 12.0. The third-order valence-corrected chi connectivity index (χ3v) is 4.24. The molecule has 0 aromatic heterocycles. The van der Waals surface area contributed by atoms with Crippen LogP contribution in [0.15, 0.2) is 0 Å². The summed E-state index contributed by atoms with van der Waals surface area (Å²) in [5.74, 6) is 1.41. The van der Waals surface area contributed by atoms with Crippen molar-refractivity contribution in [2.45, 2.75) is 52.5 Å². The molecule has 1 fully saturated rings. The third-order valence-electron chi connectivity index (χ3n) is 4.24. The van der Waals surface area contributed by atoms with Gasteiger partial charge in [-0.1, -0.05) is 13.8 Å². The monoisotopic (exact) mass is 279 g/mol. The summed E-state index contributed by atoms with van der Waals surface area (Å²) in [5.41, 5.74) is 0. The van der Waals surface area contributed by atoms with Crippen molar-refractivity contribution < 1.29 is 4.79 Å². The lowest BCUT2D eigenvalue weighted by Gasteiger charge is -2.35. The molecule has 4 nitrogen and oxygen atoms in total. The van der Waals surface area contributed by atoms with Crippen LogP contribution in [-0.2, 0) is 4.79 Å². The Morgan fingerprint density at radius 1 is 1.35 bits per heavy atom. The Bertz CT molecular complexity index is 340. The molecule has 4 heteroatoms. The number of carbonyl (C=O) groups is 1. The van der Waals surface area contributed by atoms with Crippen LogP contribution in [0, 0.1) is 23.2 Å². The minimum absolute atomic E-state index is 0.310. The molecule has 1 saturated heterocycles. The van der Waals surface area contributed by atoms with Gasteiger partial charge < -0.3 is 9.80 Å². The first-order valence-corrected chi connectivity index (χ1v) is 7.79. The van der Waals surface area contributed by atoms with E-state index in [9.17, 15) is 4.79 Å². The van der Waals surface area contributed by atoms with Crippen LogP contribution in [0.2, 0.25) is 0 Å². The predicted molar refractivity (Wildman–Crippen MR) is 81.1 cm³/mol. The average Bonchev–Trinajstić information content (AvgIpc) is 2.39. The molecule has 0 bridgehead atoms. The Kier molecular flexibility index (Phi) is 7.01. The normalized spacial score (nSPS) is 18.4. The molecule has 1 rings (SSSR count). The largest absolute Gasteiger partial charge is 0.343 e. The molecule has 0 aromatic carbocycles. The van der Waals surface area contributed by atoms with Crippen molar-refractivity contribution in [3.05, 3.63) is 0 Å². The Balaban J connectivity index is 2.32. The Labute approximate surface area is 123 Å². The van der Waals surface area contributed by atoms with E-state index in [1.807, 2.05) is 4.90 Å². The van der Waals surface area contributed by atoms with E-state index in [2.05, 4.69) is 38.8 Å². The van der Waals surface area contributed by atoms with Crippen LogP contribution in [0.4, 0.5) is 0 Å². The zero-order valence-electron chi connectivity index (χ0n) is 13.4. The van der Waals surface area contributed by atoms with E-state index in [0.29, 0.717) is 36.6 Å². The van der Waals surface area contributed by atoms with Gasteiger partial charge >= 0.3 is 0 Å². The summed E-state index contributed by atoms with van der Waals surface area (Å²) in [4.78, 5) is 16.3. The molecule has 20 heavy (non-hydrogen) atoms. The Hall–Kier alpha value is -1.08.